The van der Waals surface area contributed by atoms with Gasteiger partial charge >= 0.3 is 0 Å². The number of carbonyl (C=O) groups excluding carboxylic acids is 1. The van der Waals surface area contributed by atoms with Crippen LogP contribution in [-0.2, 0) is 17.9 Å². The first kappa shape index (κ1) is 24.6. The summed E-state index contributed by atoms with van der Waals surface area (Å²) in [6.07, 6.45) is 0. The number of benzene rings is 2. The van der Waals surface area contributed by atoms with E-state index in [2.05, 4.69) is 20.9 Å². The third-order valence-corrected chi connectivity index (χ3v) is 3.79. The van der Waals surface area contributed by atoms with Crippen LogP contribution in [0.4, 0.5) is 14.5 Å². The van der Waals surface area contributed by atoms with Crippen molar-refractivity contribution >= 4 is 41.5 Å². The smallest absolute Gasteiger partial charge is 0.221 e. The van der Waals surface area contributed by atoms with Crippen LogP contribution >= 0.6 is 24.0 Å². The van der Waals surface area contributed by atoms with Crippen molar-refractivity contribution in [2.45, 2.75) is 26.9 Å². The van der Waals surface area contributed by atoms with E-state index in [1.165, 1.54) is 14.0 Å². The fraction of sp³-hybridized carbons (Fsp3) is 0.300. The predicted octanol–water partition coefficient (Wildman–Crippen LogP) is 3.81. The average molecular weight is 518 g/mol. The maximum Gasteiger partial charge on any atom is 0.221 e. The van der Waals surface area contributed by atoms with Crippen LogP contribution in [0.2, 0.25) is 0 Å². The van der Waals surface area contributed by atoms with E-state index in [1.807, 2.05) is 13.0 Å². The number of anilines is 1. The zero-order valence-corrected chi connectivity index (χ0v) is 18.8. The average Bonchev–Trinajstić information content (AvgIpc) is 2.66. The Balaban J connectivity index is 0.00000420. The van der Waals surface area contributed by atoms with Crippen molar-refractivity contribution in [3.05, 3.63) is 59.2 Å². The molecule has 9 heteroatoms. The van der Waals surface area contributed by atoms with E-state index >= 15 is 0 Å². The van der Waals surface area contributed by atoms with Gasteiger partial charge in [-0.3, -0.25) is 4.79 Å². The van der Waals surface area contributed by atoms with E-state index < -0.39 is 11.6 Å². The quantitative estimate of drug-likeness (QED) is 0.296. The monoisotopic (exact) mass is 518 g/mol. The number of aliphatic imine (C=N–C) groups is 1. The molecule has 0 saturated heterocycles. The summed E-state index contributed by atoms with van der Waals surface area (Å²) in [6.45, 7) is 4.34. The van der Waals surface area contributed by atoms with Crippen molar-refractivity contribution in [1.29, 1.82) is 0 Å². The van der Waals surface area contributed by atoms with Crippen molar-refractivity contribution in [2.24, 2.45) is 4.99 Å². The number of hydrogen-bond donors (Lipinski definition) is 3. The summed E-state index contributed by atoms with van der Waals surface area (Å²) < 4.78 is 32.3. The fourth-order valence-corrected chi connectivity index (χ4v) is 2.51. The highest BCUT2D eigenvalue weighted by atomic mass is 127. The molecule has 0 aliphatic heterocycles. The number of nitrogens with one attached hydrogen (secondary N) is 3. The van der Waals surface area contributed by atoms with E-state index in [0.29, 0.717) is 30.5 Å². The SMILES string of the molecule is CCNC(=NCc1ccc(OC)c(NC(C)=O)c1)NCc1cc(F)ccc1F.I. The molecule has 0 radical (unpaired) electrons. The van der Waals surface area contributed by atoms with E-state index in [4.69, 9.17) is 4.74 Å². The van der Waals surface area contributed by atoms with E-state index in [0.717, 1.165) is 23.8 Å². The molecule has 0 saturated carbocycles. The van der Waals surface area contributed by atoms with Gasteiger partial charge in [0.2, 0.25) is 5.91 Å². The molecule has 0 aromatic heterocycles. The summed E-state index contributed by atoms with van der Waals surface area (Å²) in [5.74, 6) is -0.174. The van der Waals surface area contributed by atoms with Crippen LogP contribution in [-0.4, -0.2) is 25.5 Å². The van der Waals surface area contributed by atoms with Crippen LogP contribution in [0.1, 0.15) is 25.0 Å². The summed E-state index contributed by atoms with van der Waals surface area (Å²) in [6, 6.07) is 8.68. The molecule has 2 aromatic rings. The summed E-state index contributed by atoms with van der Waals surface area (Å²) in [7, 11) is 1.53. The maximum atomic E-state index is 13.8. The summed E-state index contributed by atoms with van der Waals surface area (Å²) in [4.78, 5) is 15.8. The molecular weight excluding hydrogens is 493 g/mol. The standard InChI is InChI=1S/C20H24F2N4O2.HI/c1-4-23-20(25-12-15-10-16(21)6-7-17(15)22)24-11-14-5-8-19(28-3)18(9-14)26-13(2)27;/h5-10H,4,11-12H2,1-3H3,(H,26,27)(H2,23,24,25);1H. The lowest BCUT2D eigenvalue weighted by Crippen LogP contribution is -2.37. The van der Waals surface area contributed by atoms with Crippen LogP contribution in [0.5, 0.6) is 5.75 Å². The Bertz CT molecular complexity index is 862. The second-order valence-electron chi connectivity index (χ2n) is 6.00. The number of amides is 1. The highest BCUT2D eigenvalue weighted by Crippen LogP contribution is 2.25. The first-order valence-corrected chi connectivity index (χ1v) is 8.83. The van der Waals surface area contributed by atoms with E-state index in [-0.39, 0.29) is 42.0 Å². The molecule has 6 nitrogen and oxygen atoms in total. The van der Waals surface area contributed by atoms with Gasteiger partial charge in [0.25, 0.3) is 0 Å². The Labute approximate surface area is 186 Å². The first-order valence-electron chi connectivity index (χ1n) is 8.83. The third-order valence-electron chi connectivity index (χ3n) is 3.79. The van der Waals surface area contributed by atoms with Crippen molar-refractivity contribution in [3.8, 4) is 5.75 Å². The number of hydrogen-bond acceptors (Lipinski definition) is 3. The molecule has 0 heterocycles. The fourth-order valence-electron chi connectivity index (χ4n) is 2.51. The number of carbonyl (C=O) groups is 1. The molecule has 0 bridgehead atoms. The first-order chi connectivity index (χ1) is 13.4. The lowest BCUT2D eigenvalue weighted by atomic mass is 10.2. The lowest BCUT2D eigenvalue weighted by molar-refractivity contribution is -0.114. The Kier molecular flexibility index (Phi) is 10.4. The molecule has 2 rings (SSSR count). The van der Waals surface area contributed by atoms with Gasteiger partial charge in [-0.2, -0.15) is 0 Å². The van der Waals surface area contributed by atoms with Gasteiger partial charge in [0.15, 0.2) is 5.96 Å². The van der Waals surface area contributed by atoms with Gasteiger partial charge < -0.3 is 20.7 Å². The minimum absolute atomic E-state index is 0. The maximum absolute atomic E-state index is 13.8. The molecular formula is C20H25F2IN4O2. The molecule has 3 N–H and O–H groups in total. The number of ether oxygens (including phenoxy) is 1. The molecule has 0 fully saturated rings. The highest BCUT2D eigenvalue weighted by Gasteiger charge is 2.08. The van der Waals surface area contributed by atoms with Gasteiger partial charge in [0.1, 0.15) is 17.4 Å². The summed E-state index contributed by atoms with van der Waals surface area (Å²) >= 11 is 0. The molecule has 1 amide bonds. The van der Waals surface area contributed by atoms with Crippen molar-refractivity contribution in [1.82, 2.24) is 10.6 Å². The topological polar surface area (TPSA) is 74.8 Å². The molecule has 0 aliphatic carbocycles. The van der Waals surface area contributed by atoms with Crippen LogP contribution in [0.3, 0.4) is 0 Å². The van der Waals surface area contributed by atoms with Gasteiger partial charge in [0, 0.05) is 25.6 Å². The lowest BCUT2D eigenvalue weighted by Gasteiger charge is -2.13. The Morgan fingerprint density at radius 3 is 2.55 bits per heavy atom. The van der Waals surface area contributed by atoms with Crippen molar-refractivity contribution < 1.29 is 18.3 Å². The Morgan fingerprint density at radius 1 is 1.14 bits per heavy atom. The number of guanidine groups is 1. The van der Waals surface area contributed by atoms with Gasteiger partial charge in [-0.25, -0.2) is 13.8 Å². The highest BCUT2D eigenvalue weighted by molar-refractivity contribution is 14.0. The van der Waals surface area contributed by atoms with Crippen LogP contribution in [0, 0.1) is 11.6 Å². The van der Waals surface area contributed by atoms with Crippen molar-refractivity contribution in [2.75, 3.05) is 19.0 Å². The van der Waals surface area contributed by atoms with Crippen molar-refractivity contribution in [3.63, 3.8) is 0 Å². The third kappa shape index (κ3) is 7.84. The normalized spacial score (nSPS) is 10.7. The minimum atomic E-state index is -0.496. The number of rotatable bonds is 7. The molecule has 158 valence electrons. The van der Waals surface area contributed by atoms with Gasteiger partial charge in [0.05, 0.1) is 19.3 Å². The molecule has 29 heavy (non-hydrogen) atoms. The second-order valence-corrected chi connectivity index (χ2v) is 6.00. The van der Waals surface area contributed by atoms with Crippen LogP contribution in [0.25, 0.3) is 0 Å². The Morgan fingerprint density at radius 2 is 1.90 bits per heavy atom. The predicted molar refractivity (Wildman–Crippen MR) is 121 cm³/mol. The second kappa shape index (κ2) is 12.2. The number of halogens is 3. The number of nitrogens with zero attached hydrogens (tertiary/aromatic N) is 1. The molecule has 0 spiro atoms. The largest absolute Gasteiger partial charge is 0.495 e. The molecule has 0 unspecified atom stereocenters. The Hall–Kier alpha value is -2.43. The number of methoxy groups -OCH3 is 1. The van der Waals surface area contributed by atoms with Gasteiger partial charge in [-0.05, 0) is 42.8 Å². The van der Waals surface area contributed by atoms with E-state index in [9.17, 15) is 13.6 Å². The minimum Gasteiger partial charge on any atom is -0.495 e. The zero-order valence-electron chi connectivity index (χ0n) is 16.5. The summed E-state index contributed by atoms with van der Waals surface area (Å²) in [5, 5.41) is 8.75. The van der Waals surface area contributed by atoms with Gasteiger partial charge in [-0.1, -0.05) is 6.07 Å². The van der Waals surface area contributed by atoms with Crippen LogP contribution < -0.4 is 20.7 Å². The summed E-state index contributed by atoms with van der Waals surface area (Å²) in [5.41, 5.74) is 1.61. The zero-order chi connectivity index (χ0) is 20.5. The molecule has 0 aliphatic rings. The van der Waals surface area contributed by atoms with Crippen LogP contribution in [0.15, 0.2) is 41.4 Å². The van der Waals surface area contributed by atoms with Gasteiger partial charge in [-0.15, -0.1) is 24.0 Å². The van der Waals surface area contributed by atoms with E-state index in [1.54, 1.807) is 12.1 Å². The molecule has 0 atom stereocenters. The molecule has 2 aromatic carbocycles.